The number of alkyl halides is 6. The minimum absolute atomic E-state index is 0.0174. The summed E-state index contributed by atoms with van der Waals surface area (Å²) in [6.45, 7) is 0. The van der Waals surface area contributed by atoms with E-state index in [1.165, 1.54) is 6.07 Å². The van der Waals surface area contributed by atoms with E-state index in [1.54, 1.807) is 4.98 Å². The number of H-pyrrole nitrogens is 1. The lowest BCUT2D eigenvalue weighted by atomic mass is 10.2. The van der Waals surface area contributed by atoms with E-state index >= 15 is 0 Å². The fourth-order valence-electron chi connectivity index (χ4n) is 2.20. The molecule has 27 heavy (non-hydrogen) atoms. The molecule has 2 aromatic carbocycles. The maximum atomic E-state index is 12.7. The summed E-state index contributed by atoms with van der Waals surface area (Å²) >= 11 is 5.78. The third kappa shape index (κ3) is 4.00. The van der Waals surface area contributed by atoms with Crippen molar-refractivity contribution in [1.82, 2.24) is 9.97 Å². The van der Waals surface area contributed by atoms with Crippen LogP contribution in [0.5, 0.6) is 11.5 Å². The first-order valence-electron chi connectivity index (χ1n) is 7.11. The Labute approximate surface area is 151 Å². The van der Waals surface area contributed by atoms with Crippen LogP contribution < -0.4 is 10.3 Å². The second-order valence-electron chi connectivity index (χ2n) is 5.34. The zero-order valence-electron chi connectivity index (χ0n) is 12.9. The van der Waals surface area contributed by atoms with E-state index in [-0.39, 0.29) is 27.4 Å². The third-order valence-electron chi connectivity index (χ3n) is 3.43. The Kier molecular flexibility index (Phi) is 4.54. The number of aromatic amines is 1. The molecular formula is C16H7ClF6N2O2. The van der Waals surface area contributed by atoms with Crippen molar-refractivity contribution in [2.24, 2.45) is 0 Å². The van der Waals surface area contributed by atoms with Gasteiger partial charge in [-0.1, -0.05) is 11.6 Å². The Morgan fingerprint density at radius 1 is 0.963 bits per heavy atom. The van der Waals surface area contributed by atoms with Crippen LogP contribution in [-0.2, 0) is 12.4 Å². The zero-order valence-corrected chi connectivity index (χ0v) is 13.6. The predicted molar refractivity (Wildman–Crippen MR) is 83.9 cm³/mol. The van der Waals surface area contributed by atoms with Crippen molar-refractivity contribution in [2.75, 3.05) is 0 Å². The van der Waals surface area contributed by atoms with Gasteiger partial charge in [-0.25, -0.2) is 4.98 Å². The monoisotopic (exact) mass is 408 g/mol. The van der Waals surface area contributed by atoms with Crippen molar-refractivity contribution in [3.05, 3.63) is 63.2 Å². The summed E-state index contributed by atoms with van der Waals surface area (Å²) in [6.07, 6.45) is -9.41. The summed E-state index contributed by atoms with van der Waals surface area (Å²) in [7, 11) is 0. The Morgan fingerprint density at radius 3 is 2.26 bits per heavy atom. The molecule has 0 atom stereocenters. The molecule has 3 aromatic rings. The molecule has 0 amide bonds. The van der Waals surface area contributed by atoms with Crippen LogP contribution >= 0.6 is 11.6 Å². The first kappa shape index (κ1) is 19.0. The average molecular weight is 409 g/mol. The maximum Gasteiger partial charge on any atom is 0.449 e. The summed E-state index contributed by atoms with van der Waals surface area (Å²) in [5, 5.41) is -0.520. The molecule has 0 aliphatic heterocycles. The second-order valence-corrected chi connectivity index (χ2v) is 5.74. The van der Waals surface area contributed by atoms with Crippen molar-refractivity contribution >= 4 is 22.5 Å². The van der Waals surface area contributed by atoms with Gasteiger partial charge in [0.2, 0.25) is 5.82 Å². The SMILES string of the molecule is O=c1[nH]c(C(F)(F)F)nc2ccc(Oc3ccc(C(F)(F)F)cc3Cl)cc12. The molecule has 0 unspecified atom stereocenters. The van der Waals surface area contributed by atoms with Gasteiger partial charge in [0.1, 0.15) is 11.5 Å². The molecule has 0 aliphatic rings. The standard InChI is InChI=1S/C16H7ClF6N2O2/c17-10-5-7(15(18,19)20)1-4-12(10)27-8-2-3-11-9(6-8)13(26)25-14(24-11)16(21,22)23/h1-6H,(H,24,25,26). The Morgan fingerprint density at radius 2 is 1.67 bits per heavy atom. The minimum atomic E-state index is -4.82. The summed E-state index contributed by atoms with van der Waals surface area (Å²) in [4.78, 5) is 16.8. The number of rotatable bonds is 2. The van der Waals surface area contributed by atoms with Gasteiger partial charge >= 0.3 is 12.4 Å². The van der Waals surface area contributed by atoms with Crippen LogP contribution in [0.3, 0.4) is 0 Å². The Balaban J connectivity index is 1.97. The van der Waals surface area contributed by atoms with Gasteiger partial charge in [-0.05, 0) is 36.4 Å². The van der Waals surface area contributed by atoms with Crippen LogP contribution in [0.15, 0.2) is 41.2 Å². The van der Waals surface area contributed by atoms with E-state index in [9.17, 15) is 31.1 Å². The van der Waals surface area contributed by atoms with Gasteiger partial charge in [-0.15, -0.1) is 0 Å². The molecular weight excluding hydrogens is 402 g/mol. The molecule has 0 aliphatic carbocycles. The normalized spacial score (nSPS) is 12.4. The molecule has 1 aromatic heterocycles. The summed E-state index contributed by atoms with van der Waals surface area (Å²) in [5.74, 6) is -1.59. The van der Waals surface area contributed by atoms with Crippen LogP contribution in [0.1, 0.15) is 11.4 Å². The Bertz CT molecular complexity index is 1080. The third-order valence-corrected chi connectivity index (χ3v) is 3.73. The van der Waals surface area contributed by atoms with Gasteiger partial charge in [0.15, 0.2) is 0 Å². The lowest BCUT2D eigenvalue weighted by Crippen LogP contribution is -2.19. The highest BCUT2D eigenvalue weighted by Gasteiger charge is 2.34. The van der Waals surface area contributed by atoms with Gasteiger partial charge in [-0.2, -0.15) is 26.3 Å². The second kappa shape index (κ2) is 6.45. The summed E-state index contributed by atoms with van der Waals surface area (Å²) in [5.41, 5.74) is -2.24. The minimum Gasteiger partial charge on any atom is -0.456 e. The predicted octanol–water partition coefficient (Wildman–Crippen LogP) is 5.41. The number of fused-ring (bicyclic) bond motifs is 1. The van der Waals surface area contributed by atoms with Gasteiger partial charge in [-0.3, -0.25) is 4.79 Å². The summed E-state index contributed by atoms with van der Waals surface area (Å²) < 4.78 is 81.3. The molecule has 0 fully saturated rings. The fourth-order valence-corrected chi connectivity index (χ4v) is 2.42. The lowest BCUT2D eigenvalue weighted by Gasteiger charge is -2.12. The maximum absolute atomic E-state index is 12.7. The topological polar surface area (TPSA) is 55.0 Å². The number of halogens is 7. The number of benzene rings is 2. The average Bonchev–Trinajstić information content (AvgIpc) is 2.55. The zero-order chi connectivity index (χ0) is 20.0. The lowest BCUT2D eigenvalue weighted by molar-refractivity contribution is -0.144. The molecule has 0 bridgehead atoms. The van der Waals surface area contributed by atoms with E-state index in [4.69, 9.17) is 16.3 Å². The van der Waals surface area contributed by atoms with Crippen LogP contribution in [0, 0.1) is 0 Å². The smallest absolute Gasteiger partial charge is 0.449 e. The molecule has 0 spiro atoms. The van der Waals surface area contributed by atoms with E-state index in [1.807, 2.05) is 0 Å². The van der Waals surface area contributed by atoms with Gasteiger partial charge < -0.3 is 9.72 Å². The molecule has 1 N–H and O–H groups in total. The summed E-state index contributed by atoms with van der Waals surface area (Å²) in [6, 6.07) is 5.85. The molecule has 1 heterocycles. The molecule has 11 heteroatoms. The van der Waals surface area contributed by atoms with E-state index < -0.39 is 29.3 Å². The van der Waals surface area contributed by atoms with Crippen LogP contribution in [0.2, 0.25) is 5.02 Å². The molecule has 0 radical (unpaired) electrons. The molecule has 0 saturated heterocycles. The highest BCUT2D eigenvalue weighted by atomic mass is 35.5. The van der Waals surface area contributed by atoms with Crippen molar-refractivity contribution in [2.45, 2.75) is 12.4 Å². The quantitative estimate of drug-likeness (QED) is 0.577. The first-order valence-corrected chi connectivity index (χ1v) is 7.49. The van der Waals surface area contributed by atoms with Crippen molar-refractivity contribution in [3.63, 3.8) is 0 Å². The molecule has 3 rings (SSSR count). The molecule has 0 saturated carbocycles. The number of aromatic nitrogens is 2. The number of ether oxygens (including phenoxy) is 1. The van der Waals surface area contributed by atoms with E-state index in [0.29, 0.717) is 6.07 Å². The largest absolute Gasteiger partial charge is 0.456 e. The number of hydrogen-bond acceptors (Lipinski definition) is 3. The molecule has 142 valence electrons. The highest BCUT2D eigenvalue weighted by molar-refractivity contribution is 6.32. The Hall–Kier alpha value is -2.75. The highest BCUT2D eigenvalue weighted by Crippen LogP contribution is 2.36. The van der Waals surface area contributed by atoms with Crippen molar-refractivity contribution in [3.8, 4) is 11.5 Å². The van der Waals surface area contributed by atoms with Crippen molar-refractivity contribution in [1.29, 1.82) is 0 Å². The first-order chi connectivity index (χ1) is 12.4. The van der Waals surface area contributed by atoms with Crippen molar-refractivity contribution < 1.29 is 31.1 Å². The number of nitrogens with one attached hydrogen (secondary N) is 1. The number of hydrogen-bond donors (Lipinski definition) is 1. The van der Waals surface area contributed by atoms with Crippen LogP contribution in [0.4, 0.5) is 26.3 Å². The van der Waals surface area contributed by atoms with Gasteiger partial charge in [0.05, 0.1) is 21.5 Å². The van der Waals surface area contributed by atoms with Crippen LogP contribution in [-0.4, -0.2) is 9.97 Å². The van der Waals surface area contributed by atoms with E-state index in [2.05, 4.69) is 4.98 Å². The van der Waals surface area contributed by atoms with Gasteiger partial charge in [0.25, 0.3) is 5.56 Å². The van der Waals surface area contributed by atoms with E-state index in [0.717, 1.165) is 24.3 Å². The fraction of sp³-hybridized carbons (Fsp3) is 0.125. The number of nitrogens with zero attached hydrogens (tertiary/aromatic N) is 1. The van der Waals surface area contributed by atoms with Crippen LogP contribution in [0.25, 0.3) is 10.9 Å². The molecule has 4 nitrogen and oxygen atoms in total. The van der Waals surface area contributed by atoms with Gasteiger partial charge in [0, 0.05) is 0 Å².